The van der Waals surface area contributed by atoms with E-state index in [0.29, 0.717) is 6.54 Å². The third-order valence-electron chi connectivity index (χ3n) is 4.56. The van der Waals surface area contributed by atoms with Gasteiger partial charge in [-0.1, -0.05) is 26.0 Å². The molecule has 0 aliphatic carbocycles. The van der Waals surface area contributed by atoms with Crippen LogP contribution >= 0.6 is 0 Å². The molecule has 2 atom stereocenters. The van der Waals surface area contributed by atoms with Gasteiger partial charge in [-0.15, -0.1) is 0 Å². The fourth-order valence-electron chi connectivity index (χ4n) is 2.93. The first kappa shape index (κ1) is 16.5. The lowest BCUT2D eigenvalue weighted by Crippen LogP contribution is -2.45. The summed E-state index contributed by atoms with van der Waals surface area (Å²) in [7, 11) is 0. The summed E-state index contributed by atoms with van der Waals surface area (Å²) in [6.07, 6.45) is 1.94. The van der Waals surface area contributed by atoms with Crippen LogP contribution in [0.5, 0.6) is 0 Å². The molecule has 0 spiro atoms. The van der Waals surface area contributed by atoms with Crippen molar-refractivity contribution in [3.63, 3.8) is 0 Å². The molecule has 1 aromatic heterocycles. The number of benzene rings is 1. The minimum Gasteiger partial charge on any atom is -0.336 e. The molecule has 2 aromatic rings. The first-order chi connectivity index (χ1) is 10.5. The molecule has 0 bridgehead atoms. The Labute approximate surface area is 133 Å². The predicted molar refractivity (Wildman–Crippen MR) is 90.8 cm³/mol. The van der Waals surface area contributed by atoms with E-state index in [1.807, 2.05) is 40.7 Å². The predicted octanol–water partition coefficient (Wildman–Crippen LogP) is 3.77. The summed E-state index contributed by atoms with van der Waals surface area (Å²) in [5, 5.41) is 0. The number of para-hydroxylation sites is 2. The molecule has 22 heavy (non-hydrogen) atoms. The minimum absolute atomic E-state index is 0.176. The molecule has 0 radical (unpaired) electrons. The number of aryl methyl sites for hydroxylation is 1. The van der Waals surface area contributed by atoms with Crippen molar-refractivity contribution < 1.29 is 4.79 Å². The lowest BCUT2D eigenvalue weighted by Gasteiger charge is -2.34. The number of nitrogens with zero attached hydrogens (tertiary/aromatic N) is 3. The highest BCUT2D eigenvalue weighted by Gasteiger charge is 2.24. The van der Waals surface area contributed by atoms with Crippen LogP contribution in [0.2, 0.25) is 0 Å². The van der Waals surface area contributed by atoms with Crippen molar-refractivity contribution >= 4 is 16.9 Å². The molecule has 4 nitrogen and oxygen atoms in total. The van der Waals surface area contributed by atoms with Gasteiger partial charge in [0.1, 0.15) is 12.4 Å². The van der Waals surface area contributed by atoms with Crippen LogP contribution < -0.4 is 0 Å². The van der Waals surface area contributed by atoms with E-state index in [2.05, 4.69) is 32.7 Å². The Morgan fingerprint density at radius 2 is 1.77 bits per heavy atom. The summed E-state index contributed by atoms with van der Waals surface area (Å²) in [5.74, 6) is 1.07. The van der Waals surface area contributed by atoms with Crippen molar-refractivity contribution in [1.29, 1.82) is 0 Å². The number of amides is 1. The van der Waals surface area contributed by atoms with Crippen LogP contribution in [0.1, 0.15) is 46.4 Å². The third kappa shape index (κ3) is 3.16. The number of hydrogen-bond acceptors (Lipinski definition) is 2. The Bertz CT molecular complexity index is 637. The second-order valence-corrected chi connectivity index (χ2v) is 6.05. The van der Waals surface area contributed by atoms with E-state index in [1.54, 1.807) is 0 Å². The van der Waals surface area contributed by atoms with Crippen molar-refractivity contribution in [2.45, 2.75) is 66.1 Å². The number of rotatable bonds is 6. The fourth-order valence-corrected chi connectivity index (χ4v) is 2.93. The SMILES string of the molecule is CCC(C)N(C(=O)Cn1c(C)nc2ccccc21)C(C)CC. The summed E-state index contributed by atoms with van der Waals surface area (Å²) < 4.78 is 2.02. The molecule has 120 valence electrons. The van der Waals surface area contributed by atoms with Gasteiger partial charge in [-0.05, 0) is 45.7 Å². The largest absolute Gasteiger partial charge is 0.336 e. The van der Waals surface area contributed by atoms with E-state index in [9.17, 15) is 4.79 Å². The summed E-state index contributed by atoms with van der Waals surface area (Å²) in [5.41, 5.74) is 1.98. The Morgan fingerprint density at radius 3 is 2.36 bits per heavy atom. The van der Waals surface area contributed by atoms with Gasteiger partial charge in [0.15, 0.2) is 0 Å². The molecule has 2 unspecified atom stereocenters. The molecule has 0 N–H and O–H groups in total. The summed E-state index contributed by atoms with van der Waals surface area (Å²) >= 11 is 0. The van der Waals surface area contributed by atoms with Gasteiger partial charge in [0.25, 0.3) is 0 Å². The third-order valence-corrected chi connectivity index (χ3v) is 4.56. The van der Waals surface area contributed by atoms with Crippen LogP contribution in [0.4, 0.5) is 0 Å². The van der Waals surface area contributed by atoms with Gasteiger partial charge in [0.2, 0.25) is 5.91 Å². The Kier molecular flexibility index (Phi) is 5.22. The number of carbonyl (C=O) groups is 1. The highest BCUT2D eigenvalue weighted by Crippen LogP contribution is 2.18. The Morgan fingerprint density at radius 1 is 1.18 bits per heavy atom. The first-order valence-electron chi connectivity index (χ1n) is 8.22. The highest BCUT2D eigenvalue weighted by molar-refractivity contribution is 5.81. The van der Waals surface area contributed by atoms with Crippen LogP contribution in [-0.2, 0) is 11.3 Å². The van der Waals surface area contributed by atoms with Gasteiger partial charge in [-0.2, -0.15) is 0 Å². The molecule has 1 amide bonds. The van der Waals surface area contributed by atoms with E-state index >= 15 is 0 Å². The van der Waals surface area contributed by atoms with Crippen molar-refractivity contribution in [2.75, 3.05) is 0 Å². The molecule has 4 heteroatoms. The van der Waals surface area contributed by atoms with Crippen molar-refractivity contribution in [3.05, 3.63) is 30.1 Å². The van der Waals surface area contributed by atoms with Gasteiger partial charge < -0.3 is 9.47 Å². The number of aromatic nitrogens is 2. The number of imidazole rings is 1. The van der Waals surface area contributed by atoms with Crippen LogP contribution in [0, 0.1) is 6.92 Å². The molecule has 0 saturated carbocycles. The van der Waals surface area contributed by atoms with E-state index < -0.39 is 0 Å². The number of fused-ring (bicyclic) bond motifs is 1. The summed E-state index contributed by atoms with van der Waals surface area (Å²) in [4.78, 5) is 19.5. The van der Waals surface area contributed by atoms with Gasteiger partial charge in [0.05, 0.1) is 11.0 Å². The number of carbonyl (C=O) groups excluding carboxylic acids is 1. The van der Waals surface area contributed by atoms with E-state index in [0.717, 1.165) is 29.7 Å². The maximum absolute atomic E-state index is 12.9. The maximum atomic E-state index is 12.9. The summed E-state index contributed by atoms with van der Waals surface area (Å²) in [6.45, 7) is 10.8. The van der Waals surface area contributed by atoms with E-state index in [-0.39, 0.29) is 18.0 Å². The van der Waals surface area contributed by atoms with Gasteiger partial charge in [-0.3, -0.25) is 4.79 Å². The maximum Gasteiger partial charge on any atom is 0.243 e. The zero-order valence-electron chi connectivity index (χ0n) is 14.3. The van der Waals surface area contributed by atoms with Crippen LogP contribution in [0.3, 0.4) is 0 Å². The molecule has 2 rings (SSSR count). The second kappa shape index (κ2) is 6.95. The quantitative estimate of drug-likeness (QED) is 0.814. The van der Waals surface area contributed by atoms with Gasteiger partial charge >= 0.3 is 0 Å². The lowest BCUT2D eigenvalue weighted by atomic mass is 10.1. The smallest absolute Gasteiger partial charge is 0.243 e. The molecular formula is C18H27N3O. The standard InChI is InChI=1S/C18H27N3O/c1-6-13(3)21(14(4)7-2)18(22)12-20-15(5)19-16-10-8-9-11-17(16)20/h8-11,13-14H,6-7,12H2,1-5H3. The first-order valence-corrected chi connectivity index (χ1v) is 8.22. The molecule has 0 aliphatic heterocycles. The molecule has 0 aliphatic rings. The zero-order chi connectivity index (χ0) is 16.3. The molecular weight excluding hydrogens is 274 g/mol. The molecule has 1 aromatic carbocycles. The zero-order valence-corrected chi connectivity index (χ0v) is 14.3. The topological polar surface area (TPSA) is 38.1 Å². The van der Waals surface area contributed by atoms with Crippen LogP contribution in [-0.4, -0.2) is 32.4 Å². The van der Waals surface area contributed by atoms with Crippen LogP contribution in [0.15, 0.2) is 24.3 Å². The Balaban J connectivity index is 2.30. The van der Waals surface area contributed by atoms with Crippen molar-refractivity contribution in [2.24, 2.45) is 0 Å². The minimum atomic E-state index is 0.176. The lowest BCUT2D eigenvalue weighted by molar-refractivity contribution is -0.136. The fraction of sp³-hybridized carbons (Fsp3) is 0.556. The summed E-state index contributed by atoms with van der Waals surface area (Å²) in [6, 6.07) is 8.51. The van der Waals surface area contributed by atoms with Crippen molar-refractivity contribution in [3.8, 4) is 0 Å². The van der Waals surface area contributed by atoms with E-state index in [1.165, 1.54) is 0 Å². The average Bonchev–Trinajstić information content (AvgIpc) is 2.83. The monoisotopic (exact) mass is 301 g/mol. The molecule has 1 heterocycles. The van der Waals surface area contributed by atoms with Gasteiger partial charge in [-0.25, -0.2) is 4.98 Å². The normalized spacial score (nSPS) is 14.0. The highest BCUT2D eigenvalue weighted by atomic mass is 16.2. The van der Waals surface area contributed by atoms with Gasteiger partial charge in [0, 0.05) is 12.1 Å². The van der Waals surface area contributed by atoms with Crippen molar-refractivity contribution in [1.82, 2.24) is 14.5 Å². The molecule has 0 fully saturated rings. The molecule has 0 saturated heterocycles. The average molecular weight is 301 g/mol. The van der Waals surface area contributed by atoms with E-state index in [4.69, 9.17) is 0 Å². The van der Waals surface area contributed by atoms with Crippen LogP contribution in [0.25, 0.3) is 11.0 Å². The Hall–Kier alpha value is -1.84. The second-order valence-electron chi connectivity index (χ2n) is 6.05. The number of hydrogen-bond donors (Lipinski definition) is 0.